The molecule has 5 rings (SSSR count). The van der Waals surface area contributed by atoms with E-state index in [-0.39, 0.29) is 12.3 Å². The molecule has 0 fully saturated rings. The van der Waals surface area contributed by atoms with Gasteiger partial charge in [-0.25, -0.2) is 4.98 Å². The Kier molecular flexibility index (Phi) is 6.24. The van der Waals surface area contributed by atoms with Crippen LogP contribution in [0.3, 0.4) is 0 Å². The summed E-state index contributed by atoms with van der Waals surface area (Å²) in [5.74, 6) is -0.680. The van der Waals surface area contributed by atoms with Crippen molar-refractivity contribution < 1.29 is 9.59 Å². The third kappa shape index (κ3) is 4.90. The molecule has 6 nitrogen and oxygen atoms in total. The van der Waals surface area contributed by atoms with Gasteiger partial charge in [-0.2, -0.15) is 11.3 Å². The topological polar surface area (TPSA) is 101 Å². The predicted molar refractivity (Wildman–Crippen MR) is 142 cm³/mol. The van der Waals surface area contributed by atoms with Gasteiger partial charge in [0.25, 0.3) is 0 Å². The maximum Gasteiger partial charge on any atom is 0.249 e. The number of carbonyl (C=O) groups is 2. The van der Waals surface area contributed by atoms with Gasteiger partial charge in [0.15, 0.2) is 0 Å². The molecule has 0 unspecified atom stereocenters. The van der Waals surface area contributed by atoms with Gasteiger partial charge in [-0.1, -0.05) is 54.6 Å². The number of hydrogen-bond acceptors (Lipinski definition) is 4. The Morgan fingerprint density at radius 3 is 2.51 bits per heavy atom. The molecule has 0 aliphatic rings. The minimum absolute atomic E-state index is 0.143. The van der Waals surface area contributed by atoms with Crippen molar-refractivity contribution in [2.45, 2.75) is 6.42 Å². The standard InChI is InChI=1S/C28H22N4O2S/c29-27(34)23(20-4-2-1-3-5-20)15-22-16-31-28-26(22)24(10-12-30-28)32-25(33)14-18-6-8-19(9-7-18)21-11-13-35-17-21/h1-13,15-17H,14H2,(H2,29,34)(H2,30,31,32,33)/b23-15-. The van der Waals surface area contributed by atoms with Crippen LogP contribution in [0.15, 0.2) is 89.9 Å². The molecule has 2 amide bonds. The lowest BCUT2D eigenvalue weighted by Crippen LogP contribution is -2.15. The van der Waals surface area contributed by atoms with Crippen molar-refractivity contribution in [1.29, 1.82) is 0 Å². The Labute approximate surface area is 206 Å². The first-order valence-corrected chi connectivity index (χ1v) is 12.0. The molecule has 0 bridgehead atoms. The highest BCUT2D eigenvalue weighted by atomic mass is 32.1. The van der Waals surface area contributed by atoms with E-state index in [1.54, 1.807) is 35.9 Å². The number of benzene rings is 2. The van der Waals surface area contributed by atoms with E-state index < -0.39 is 5.91 Å². The monoisotopic (exact) mass is 478 g/mol. The second-order valence-electron chi connectivity index (χ2n) is 8.05. The average molecular weight is 479 g/mol. The van der Waals surface area contributed by atoms with Crippen LogP contribution in [0.4, 0.5) is 5.69 Å². The first kappa shape index (κ1) is 22.3. The van der Waals surface area contributed by atoms with Gasteiger partial charge in [0.05, 0.1) is 12.1 Å². The lowest BCUT2D eigenvalue weighted by atomic mass is 10.0. The van der Waals surface area contributed by atoms with E-state index in [2.05, 4.69) is 26.7 Å². The van der Waals surface area contributed by atoms with Crippen LogP contribution in [0.1, 0.15) is 16.7 Å². The molecule has 0 aliphatic carbocycles. The summed E-state index contributed by atoms with van der Waals surface area (Å²) in [5, 5.41) is 7.86. The zero-order chi connectivity index (χ0) is 24.2. The fraction of sp³-hybridized carbons (Fsp3) is 0.0357. The van der Waals surface area contributed by atoms with E-state index in [1.807, 2.05) is 60.0 Å². The zero-order valence-electron chi connectivity index (χ0n) is 18.7. The number of anilines is 1. The molecule has 3 aromatic heterocycles. The normalized spacial score (nSPS) is 11.5. The number of nitrogens with zero attached hydrogens (tertiary/aromatic N) is 1. The van der Waals surface area contributed by atoms with Gasteiger partial charge in [-0.05, 0) is 51.2 Å². The molecular weight excluding hydrogens is 456 g/mol. The number of aromatic amines is 1. The van der Waals surface area contributed by atoms with E-state index in [4.69, 9.17) is 5.73 Å². The summed E-state index contributed by atoms with van der Waals surface area (Å²) in [6, 6.07) is 21.0. The van der Waals surface area contributed by atoms with Crippen LogP contribution in [0.5, 0.6) is 0 Å². The molecule has 0 atom stereocenters. The van der Waals surface area contributed by atoms with Crippen LogP contribution < -0.4 is 11.1 Å². The molecule has 5 aromatic rings. The molecule has 7 heteroatoms. The number of carbonyl (C=O) groups excluding carboxylic acids is 2. The number of aromatic nitrogens is 2. The van der Waals surface area contributed by atoms with E-state index in [0.29, 0.717) is 27.9 Å². The first-order valence-electron chi connectivity index (χ1n) is 11.0. The van der Waals surface area contributed by atoms with Crippen molar-refractivity contribution in [3.63, 3.8) is 0 Å². The molecule has 0 saturated carbocycles. The third-order valence-electron chi connectivity index (χ3n) is 5.70. The van der Waals surface area contributed by atoms with E-state index in [1.165, 1.54) is 5.56 Å². The molecule has 2 aromatic carbocycles. The van der Waals surface area contributed by atoms with Crippen molar-refractivity contribution in [3.8, 4) is 11.1 Å². The summed E-state index contributed by atoms with van der Waals surface area (Å²) in [7, 11) is 0. The quantitative estimate of drug-likeness (QED) is 0.269. The molecule has 0 radical (unpaired) electrons. The van der Waals surface area contributed by atoms with Gasteiger partial charge in [-0.15, -0.1) is 0 Å². The number of hydrogen-bond donors (Lipinski definition) is 3. The van der Waals surface area contributed by atoms with E-state index >= 15 is 0 Å². The predicted octanol–water partition coefficient (Wildman–Crippen LogP) is 5.50. The molecule has 35 heavy (non-hydrogen) atoms. The van der Waals surface area contributed by atoms with Gasteiger partial charge in [0.1, 0.15) is 5.65 Å². The lowest BCUT2D eigenvalue weighted by Gasteiger charge is -2.09. The molecule has 172 valence electrons. The van der Waals surface area contributed by atoms with Crippen molar-refractivity contribution in [2.75, 3.05) is 5.32 Å². The Bertz CT molecular complexity index is 1520. The van der Waals surface area contributed by atoms with Gasteiger partial charge < -0.3 is 16.0 Å². The summed E-state index contributed by atoms with van der Waals surface area (Å²) in [6.45, 7) is 0. The Balaban J connectivity index is 1.41. The van der Waals surface area contributed by atoms with Gasteiger partial charge in [0, 0.05) is 28.9 Å². The van der Waals surface area contributed by atoms with Crippen molar-refractivity contribution in [1.82, 2.24) is 9.97 Å². The van der Waals surface area contributed by atoms with Gasteiger partial charge >= 0.3 is 0 Å². The number of thiophene rings is 1. The number of nitrogens with two attached hydrogens (primary N) is 1. The van der Waals surface area contributed by atoms with Crippen molar-refractivity contribution >= 4 is 51.5 Å². The minimum atomic E-state index is -0.536. The van der Waals surface area contributed by atoms with Crippen LogP contribution in [-0.2, 0) is 16.0 Å². The summed E-state index contributed by atoms with van der Waals surface area (Å²) in [4.78, 5) is 32.6. The SMILES string of the molecule is NC(=O)/C(=C\c1c[nH]c2nccc(NC(=O)Cc3ccc(-c4ccsc4)cc3)c12)c1ccccc1. The second kappa shape index (κ2) is 9.79. The maximum absolute atomic E-state index is 12.9. The number of H-pyrrole nitrogens is 1. The molecular formula is C28H22N4O2S. The van der Waals surface area contributed by atoms with Gasteiger partial charge in [-0.3, -0.25) is 9.59 Å². The van der Waals surface area contributed by atoms with Crippen LogP contribution >= 0.6 is 11.3 Å². The highest BCUT2D eigenvalue weighted by Gasteiger charge is 2.14. The number of primary amides is 1. The number of amides is 2. The zero-order valence-corrected chi connectivity index (χ0v) is 19.5. The highest BCUT2D eigenvalue weighted by molar-refractivity contribution is 7.08. The smallest absolute Gasteiger partial charge is 0.249 e. The lowest BCUT2D eigenvalue weighted by molar-refractivity contribution is -0.115. The molecule has 0 spiro atoms. The first-order chi connectivity index (χ1) is 17.1. The number of fused-ring (bicyclic) bond motifs is 1. The Morgan fingerprint density at radius 2 is 1.80 bits per heavy atom. The fourth-order valence-corrected chi connectivity index (χ4v) is 4.66. The Morgan fingerprint density at radius 1 is 1.00 bits per heavy atom. The third-order valence-corrected chi connectivity index (χ3v) is 6.38. The summed E-state index contributed by atoms with van der Waals surface area (Å²) >= 11 is 1.66. The second-order valence-corrected chi connectivity index (χ2v) is 8.83. The van der Waals surface area contributed by atoms with Crippen molar-refractivity contribution in [3.05, 3.63) is 107 Å². The Hall–Kier alpha value is -4.49. The van der Waals surface area contributed by atoms with Crippen LogP contribution in [0.25, 0.3) is 33.8 Å². The van der Waals surface area contributed by atoms with Gasteiger partial charge in [0.2, 0.25) is 11.8 Å². The summed E-state index contributed by atoms with van der Waals surface area (Å²) in [6.07, 6.45) is 5.34. The van der Waals surface area contributed by atoms with Crippen molar-refractivity contribution in [2.24, 2.45) is 5.73 Å². The molecule has 0 saturated heterocycles. The molecule has 0 aliphatic heterocycles. The number of nitrogens with one attached hydrogen (secondary N) is 2. The molecule has 4 N–H and O–H groups in total. The largest absolute Gasteiger partial charge is 0.366 e. The summed E-state index contributed by atoms with van der Waals surface area (Å²) < 4.78 is 0. The number of pyridine rings is 1. The van der Waals surface area contributed by atoms with E-state index in [9.17, 15) is 9.59 Å². The summed E-state index contributed by atoms with van der Waals surface area (Å²) in [5.41, 5.74) is 11.9. The average Bonchev–Trinajstić information content (AvgIpc) is 3.54. The molecule has 3 heterocycles. The van der Waals surface area contributed by atoms with Crippen LogP contribution in [0.2, 0.25) is 0 Å². The highest BCUT2D eigenvalue weighted by Crippen LogP contribution is 2.29. The minimum Gasteiger partial charge on any atom is -0.366 e. The fourth-order valence-electron chi connectivity index (χ4n) is 3.99. The van der Waals surface area contributed by atoms with E-state index in [0.717, 1.165) is 16.7 Å². The number of rotatable bonds is 7. The van der Waals surface area contributed by atoms with Crippen LogP contribution in [0, 0.1) is 0 Å². The maximum atomic E-state index is 12.9. The van der Waals surface area contributed by atoms with Crippen LogP contribution in [-0.4, -0.2) is 21.8 Å².